The third-order valence-corrected chi connectivity index (χ3v) is 2.99. The molecule has 0 bridgehead atoms. The minimum absolute atomic E-state index is 0.00572. The molecule has 1 aromatic rings. The Labute approximate surface area is 109 Å². The Morgan fingerprint density at radius 1 is 1.47 bits per heavy atom. The molecule has 7 heteroatoms. The van der Waals surface area contributed by atoms with Crippen molar-refractivity contribution in [2.45, 2.75) is 32.0 Å². The summed E-state index contributed by atoms with van der Waals surface area (Å²) in [5.74, 6) is -0.883. The van der Waals surface area contributed by atoms with Gasteiger partial charge in [0.2, 0.25) is 5.76 Å². The lowest BCUT2D eigenvalue weighted by molar-refractivity contribution is 0.0660. The van der Waals surface area contributed by atoms with E-state index in [1.165, 1.54) is 12.1 Å². The summed E-state index contributed by atoms with van der Waals surface area (Å²) in [5.41, 5.74) is 0. The van der Waals surface area contributed by atoms with Gasteiger partial charge in [-0.3, -0.25) is 0 Å². The van der Waals surface area contributed by atoms with Gasteiger partial charge in [0, 0.05) is 6.61 Å². The summed E-state index contributed by atoms with van der Waals surface area (Å²) in [6.45, 7) is 2.69. The first-order valence-corrected chi connectivity index (χ1v) is 6.04. The third-order valence-electron chi connectivity index (χ3n) is 2.99. The summed E-state index contributed by atoms with van der Waals surface area (Å²) in [4.78, 5) is 22.2. The van der Waals surface area contributed by atoms with Crippen LogP contribution >= 0.6 is 0 Å². The predicted octanol–water partition coefficient (Wildman–Crippen LogP) is 0.954. The molecule has 2 amide bonds. The molecule has 0 aromatic carbocycles. The molecular formula is C12H16N2O5. The second-order valence-corrected chi connectivity index (χ2v) is 4.37. The fourth-order valence-corrected chi connectivity index (χ4v) is 1.90. The van der Waals surface area contributed by atoms with Crippen molar-refractivity contribution in [2.75, 3.05) is 6.61 Å². The van der Waals surface area contributed by atoms with Crippen LogP contribution in [-0.4, -0.2) is 35.9 Å². The Morgan fingerprint density at radius 3 is 2.84 bits per heavy atom. The number of carboxylic acids is 1. The maximum Gasteiger partial charge on any atom is 0.371 e. The smallest absolute Gasteiger partial charge is 0.371 e. The Bertz CT molecular complexity index is 470. The normalized spacial score (nSPS) is 22.2. The summed E-state index contributed by atoms with van der Waals surface area (Å²) in [6, 6.07) is 2.55. The number of urea groups is 1. The summed E-state index contributed by atoms with van der Waals surface area (Å²) in [6.07, 6.45) is 0.798. The van der Waals surface area contributed by atoms with Crippen LogP contribution in [0.15, 0.2) is 16.5 Å². The summed E-state index contributed by atoms with van der Waals surface area (Å²) >= 11 is 0. The predicted molar refractivity (Wildman–Crippen MR) is 64.9 cm³/mol. The Hall–Kier alpha value is -2.02. The lowest BCUT2D eigenvalue weighted by Crippen LogP contribution is -2.44. The number of carbonyl (C=O) groups is 2. The summed E-state index contributed by atoms with van der Waals surface area (Å²) in [7, 11) is 0. The largest absolute Gasteiger partial charge is 0.475 e. The third kappa shape index (κ3) is 3.47. The van der Waals surface area contributed by atoms with Gasteiger partial charge in [-0.1, -0.05) is 0 Å². The van der Waals surface area contributed by atoms with E-state index in [2.05, 4.69) is 10.6 Å². The molecule has 1 saturated heterocycles. The van der Waals surface area contributed by atoms with Crippen LogP contribution < -0.4 is 10.6 Å². The molecular weight excluding hydrogens is 252 g/mol. The zero-order valence-electron chi connectivity index (χ0n) is 10.5. The highest BCUT2D eigenvalue weighted by Crippen LogP contribution is 2.12. The highest BCUT2D eigenvalue weighted by molar-refractivity contribution is 5.84. The number of rotatable bonds is 4. The Kier molecular flexibility index (Phi) is 4.06. The topological polar surface area (TPSA) is 101 Å². The first-order valence-electron chi connectivity index (χ1n) is 6.04. The molecule has 1 aliphatic heterocycles. The van der Waals surface area contributed by atoms with Gasteiger partial charge in [-0.05, 0) is 25.5 Å². The van der Waals surface area contributed by atoms with E-state index in [-0.39, 0.29) is 30.5 Å². The molecule has 2 heterocycles. The number of amides is 2. The van der Waals surface area contributed by atoms with Crippen LogP contribution in [0.5, 0.6) is 0 Å². The van der Waals surface area contributed by atoms with E-state index in [4.69, 9.17) is 14.3 Å². The SMILES string of the molecule is CC1OCCC1NC(=O)NCc1ccc(C(=O)O)o1. The van der Waals surface area contributed by atoms with Crippen molar-refractivity contribution >= 4 is 12.0 Å². The Balaban J connectivity index is 1.78. The van der Waals surface area contributed by atoms with E-state index in [1.54, 1.807) is 0 Å². The van der Waals surface area contributed by atoms with Crippen molar-refractivity contribution in [1.82, 2.24) is 10.6 Å². The van der Waals surface area contributed by atoms with Gasteiger partial charge in [-0.25, -0.2) is 9.59 Å². The van der Waals surface area contributed by atoms with Crippen LogP contribution in [0.25, 0.3) is 0 Å². The second kappa shape index (κ2) is 5.75. The maximum absolute atomic E-state index is 11.6. The van der Waals surface area contributed by atoms with Gasteiger partial charge >= 0.3 is 12.0 Å². The van der Waals surface area contributed by atoms with E-state index in [0.29, 0.717) is 12.4 Å². The monoisotopic (exact) mass is 268 g/mol. The molecule has 0 radical (unpaired) electrons. The van der Waals surface area contributed by atoms with Crippen LogP contribution in [-0.2, 0) is 11.3 Å². The number of ether oxygens (including phenoxy) is 1. The quantitative estimate of drug-likeness (QED) is 0.755. The van der Waals surface area contributed by atoms with Gasteiger partial charge in [0.1, 0.15) is 5.76 Å². The molecule has 0 aliphatic carbocycles. The molecule has 2 rings (SSSR count). The van der Waals surface area contributed by atoms with Crippen molar-refractivity contribution < 1.29 is 23.8 Å². The van der Waals surface area contributed by atoms with Gasteiger partial charge < -0.3 is 24.9 Å². The lowest BCUT2D eigenvalue weighted by Gasteiger charge is -2.16. The molecule has 2 unspecified atom stereocenters. The van der Waals surface area contributed by atoms with Crippen LogP contribution in [0.2, 0.25) is 0 Å². The highest BCUT2D eigenvalue weighted by atomic mass is 16.5. The molecule has 1 fully saturated rings. The minimum atomic E-state index is -1.13. The van der Waals surface area contributed by atoms with Gasteiger partial charge in [0.15, 0.2) is 0 Å². The van der Waals surface area contributed by atoms with Gasteiger partial charge in [-0.15, -0.1) is 0 Å². The van der Waals surface area contributed by atoms with Crippen molar-refractivity contribution in [1.29, 1.82) is 0 Å². The number of carboxylic acid groups (broad SMARTS) is 1. The van der Waals surface area contributed by atoms with Crippen LogP contribution in [0.3, 0.4) is 0 Å². The fourth-order valence-electron chi connectivity index (χ4n) is 1.90. The van der Waals surface area contributed by atoms with Crippen molar-refractivity contribution in [2.24, 2.45) is 0 Å². The van der Waals surface area contributed by atoms with Crippen LogP contribution in [0.1, 0.15) is 29.7 Å². The fraction of sp³-hybridized carbons (Fsp3) is 0.500. The minimum Gasteiger partial charge on any atom is -0.475 e. The van der Waals surface area contributed by atoms with Crippen LogP contribution in [0.4, 0.5) is 4.79 Å². The maximum atomic E-state index is 11.6. The van der Waals surface area contributed by atoms with E-state index in [1.807, 2.05) is 6.92 Å². The van der Waals surface area contributed by atoms with Gasteiger partial charge in [0.25, 0.3) is 0 Å². The van der Waals surface area contributed by atoms with E-state index in [9.17, 15) is 9.59 Å². The van der Waals surface area contributed by atoms with E-state index in [0.717, 1.165) is 6.42 Å². The van der Waals surface area contributed by atoms with Gasteiger partial charge in [-0.2, -0.15) is 0 Å². The molecule has 1 aromatic heterocycles. The van der Waals surface area contributed by atoms with Gasteiger partial charge in [0.05, 0.1) is 18.7 Å². The zero-order chi connectivity index (χ0) is 13.8. The Morgan fingerprint density at radius 2 is 2.26 bits per heavy atom. The number of furan rings is 1. The van der Waals surface area contributed by atoms with E-state index >= 15 is 0 Å². The average molecular weight is 268 g/mol. The lowest BCUT2D eigenvalue weighted by atomic mass is 10.2. The highest BCUT2D eigenvalue weighted by Gasteiger charge is 2.25. The van der Waals surface area contributed by atoms with Crippen LogP contribution in [0, 0.1) is 0 Å². The molecule has 7 nitrogen and oxygen atoms in total. The van der Waals surface area contributed by atoms with Crippen molar-refractivity contribution in [3.05, 3.63) is 23.7 Å². The number of aromatic carboxylic acids is 1. The number of hydrogen-bond acceptors (Lipinski definition) is 4. The standard InChI is InChI=1S/C12H16N2O5/c1-7-9(4-5-18-7)14-12(17)13-6-8-2-3-10(19-8)11(15)16/h2-3,7,9H,4-6H2,1H3,(H,15,16)(H2,13,14,17). The first kappa shape index (κ1) is 13.4. The van der Waals surface area contributed by atoms with E-state index < -0.39 is 5.97 Å². The molecule has 1 aliphatic rings. The number of hydrogen-bond donors (Lipinski definition) is 3. The molecule has 19 heavy (non-hydrogen) atoms. The molecule has 0 spiro atoms. The first-order chi connectivity index (χ1) is 9.06. The zero-order valence-corrected chi connectivity index (χ0v) is 10.5. The van der Waals surface area contributed by atoms with Crippen molar-refractivity contribution in [3.63, 3.8) is 0 Å². The second-order valence-electron chi connectivity index (χ2n) is 4.37. The molecule has 0 saturated carbocycles. The average Bonchev–Trinajstić information content (AvgIpc) is 2.97. The summed E-state index contributed by atoms with van der Waals surface area (Å²) in [5, 5.41) is 14.1. The summed E-state index contributed by atoms with van der Waals surface area (Å²) < 4.78 is 10.4. The molecule has 104 valence electrons. The molecule has 3 N–H and O–H groups in total. The molecule has 2 atom stereocenters. The number of carbonyl (C=O) groups excluding carboxylic acids is 1. The number of nitrogens with one attached hydrogen (secondary N) is 2. The van der Waals surface area contributed by atoms with Crippen molar-refractivity contribution in [3.8, 4) is 0 Å².